The SMILES string of the molecule is [2H]C([2H])([2H])c1cc(-c2ccc(C(C)(C)C)cc2)c(-n2c(-c3cc(C([2H])(C)C)cc(C([2H])(C)C)c3O)nc3c(-c4[c-]c(-c5cc(-c6ccc(-c7ccccc7)cc6)ccn5)cc(-c5ccccc5)c4)cccc32)cc1-c1ccccc1.[Pt]. The van der Waals surface area contributed by atoms with Crippen LogP contribution in [0.5, 0.6) is 5.75 Å². The number of para-hydroxylation sites is 1. The first-order valence-electron chi connectivity index (χ1n) is 28.1. The minimum Gasteiger partial charge on any atom is -0.507 e. The molecular weight excluding hydrogens is 1110 g/mol. The van der Waals surface area contributed by atoms with Crippen molar-refractivity contribution in [1.29, 1.82) is 0 Å². The topological polar surface area (TPSA) is 50.9 Å². The van der Waals surface area contributed by atoms with Crippen LogP contribution in [0.4, 0.5) is 0 Å². The molecule has 0 saturated heterocycles. The van der Waals surface area contributed by atoms with Gasteiger partial charge in [0, 0.05) is 45.4 Å². The Morgan fingerprint density at radius 3 is 1.72 bits per heavy atom. The molecular formula is C71H62N3OPt-. The third kappa shape index (κ3) is 10.1. The van der Waals surface area contributed by atoms with E-state index in [9.17, 15) is 7.85 Å². The number of hydrogen-bond acceptors (Lipinski definition) is 3. The number of phenolic OH excluding ortho intramolecular Hbond substituents is 1. The first-order valence-corrected chi connectivity index (χ1v) is 25.6. The monoisotopic (exact) mass is 1170 g/mol. The van der Waals surface area contributed by atoms with E-state index in [2.05, 4.69) is 106 Å². The summed E-state index contributed by atoms with van der Waals surface area (Å²) in [6.07, 6.45) is 1.84. The third-order valence-electron chi connectivity index (χ3n) is 14.3. The quantitative estimate of drug-likeness (QED) is 0.131. The number of phenols is 1. The van der Waals surface area contributed by atoms with E-state index in [0.717, 1.165) is 72.5 Å². The number of aryl methyl sites for hydroxylation is 1. The van der Waals surface area contributed by atoms with Crippen LogP contribution in [-0.2, 0) is 26.5 Å². The normalized spacial score (nSPS) is 13.0. The second kappa shape index (κ2) is 21.4. The minimum atomic E-state index is -2.50. The first kappa shape index (κ1) is 45.5. The van der Waals surface area contributed by atoms with Crippen molar-refractivity contribution in [2.45, 2.75) is 72.5 Å². The average molecular weight is 1170 g/mol. The molecule has 0 aliphatic rings. The summed E-state index contributed by atoms with van der Waals surface area (Å²) in [4.78, 5) is 10.6. The number of imidazole rings is 1. The van der Waals surface area contributed by atoms with Gasteiger partial charge in [-0.25, -0.2) is 4.98 Å². The molecule has 0 atom stereocenters. The van der Waals surface area contributed by atoms with Crippen LogP contribution < -0.4 is 0 Å². The van der Waals surface area contributed by atoms with Crippen LogP contribution in [0.3, 0.4) is 0 Å². The molecule has 4 nitrogen and oxygen atoms in total. The molecule has 0 aliphatic heterocycles. The predicted molar refractivity (Wildman–Crippen MR) is 314 cm³/mol. The Kier molecular flexibility index (Phi) is 12.8. The Balaban J connectivity index is 0.00000736. The summed E-state index contributed by atoms with van der Waals surface area (Å²) in [6.45, 7) is 11.0. The smallest absolute Gasteiger partial charge is 0.148 e. The largest absolute Gasteiger partial charge is 0.507 e. The van der Waals surface area contributed by atoms with Crippen LogP contribution in [0.15, 0.2) is 212 Å². The summed E-state index contributed by atoms with van der Waals surface area (Å²) >= 11 is 0. The molecule has 0 spiro atoms. The summed E-state index contributed by atoms with van der Waals surface area (Å²) in [5, 5.41) is 12.7. The van der Waals surface area contributed by atoms with Crippen molar-refractivity contribution in [1.82, 2.24) is 14.5 Å². The number of rotatable bonds is 11. The Labute approximate surface area is 470 Å². The van der Waals surface area contributed by atoms with E-state index in [0.29, 0.717) is 50.4 Å². The molecule has 0 radical (unpaired) electrons. The molecule has 378 valence electrons. The molecule has 11 rings (SSSR count). The van der Waals surface area contributed by atoms with E-state index in [1.807, 2.05) is 126 Å². The molecule has 1 N–H and O–H groups in total. The van der Waals surface area contributed by atoms with Crippen molar-refractivity contribution in [2.24, 2.45) is 0 Å². The maximum atomic E-state index is 12.7. The van der Waals surface area contributed by atoms with Gasteiger partial charge in [-0.05, 0) is 121 Å². The molecule has 0 fully saturated rings. The van der Waals surface area contributed by atoms with Crippen molar-refractivity contribution >= 4 is 11.0 Å². The third-order valence-corrected chi connectivity index (χ3v) is 14.3. The second-order valence-corrected chi connectivity index (χ2v) is 20.9. The van der Waals surface area contributed by atoms with Crippen molar-refractivity contribution in [3.8, 4) is 101 Å². The van der Waals surface area contributed by atoms with Crippen LogP contribution in [-0.4, -0.2) is 19.6 Å². The fraction of sp³-hybridized carbons (Fsp3) is 0.155. The standard InChI is InChI=1S/C71H62N3O.Pt/c1-45(2)55-41-61(46(3)4)69(75)64(42-55)70-73-68-60(25-18-26-66(68)74(70)67-44-62(52-23-16-11-17-24-52)47(5)37-63(67)53-31-33-59(34-32-53)71(6,7)8)57-38-56(49-21-14-10-15-22-49)39-58(40-57)65-43-54(35-36-72-65)51-29-27-50(28-30-51)48-19-12-9-13-20-48;/h9-39,41-46,75H,1-8H3;/q-1;/i5D3,45D,46D;. The van der Waals surface area contributed by atoms with Gasteiger partial charge < -0.3 is 5.11 Å². The molecule has 0 amide bonds. The van der Waals surface area contributed by atoms with Gasteiger partial charge in [-0.1, -0.05) is 229 Å². The number of nitrogens with zero attached hydrogens (tertiary/aromatic N) is 3. The van der Waals surface area contributed by atoms with Crippen molar-refractivity contribution in [3.05, 3.63) is 241 Å². The van der Waals surface area contributed by atoms with Gasteiger partial charge in [0.25, 0.3) is 0 Å². The van der Waals surface area contributed by atoms with E-state index in [1.54, 1.807) is 39.8 Å². The summed E-state index contributed by atoms with van der Waals surface area (Å²) in [7, 11) is 0. The van der Waals surface area contributed by atoms with E-state index in [4.69, 9.17) is 14.1 Å². The molecule has 11 aromatic rings. The molecule has 5 heteroatoms. The molecule has 0 aliphatic carbocycles. The number of aromatic hydroxyl groups is 1. The summed E-state index contributed by atoms with van der Waals surface area (Å²) in [5.74, 6) is -2.19. The van der Waals surface area contributed by atoms with E-state index in [1.165, 1.54) is 0 Å². The zero-order valence-corrected chi connectivity index (χ0v) is 46.1. The molecule has 0 bridgehead atoms. The van der Waals surface area contributed by atoms with Gasteiger partial charge in [-0.3, -0.25) is 9.55 Å². The Morgan fingerprint density at radius 1 is 0.526 bits per heavy atom. The van der Waals surface area contributed by atoms with Crippen molar-refractivity contribution < 1.29 is 33.0 Å². The van der Waals surface area contributed by atoms with Crippen LogP contribution >= 0.6 is 0 Å². The average Bonchev–Trinajstić information content (AvgIpc) is 3.00. The zero-order chi connectivity index (χ0) is 56.3. The minimum absolute atomic E-state index is 0. The first-order chi connectivity index (χ1) is 38.1. The molecule has 9 aromatic carbocycles. The van der Waals surface area contributed by atoms with Crippen LogP contribution in [0, 0.1) is 12.9 Å². The summed E-state index contributed by atoms with van der Waals surface area (Å²) < 4.78 is 47.7. The maximum absolute atomic E-state index is 12.7. The molecule has 2 heterocycles. The van der Waals surface area contributed by atoms with E-state index < -0.39 is 18.6 Å². The summed E-state index contributed by atoms with van der Waals surface area (Å²) in [5.41, 5.74) is 16.3. The predicted octanol–water partition coefficient (Wildman–Crippen LogP) is 19.1. The zero-order valence-electron chi connectivity index (χ0n) is 48.8. The van der Waals surface area contributed by atoms with Crippen molar-refractivity contribution in [3.63, 3.8) is 0 Å². The Bertz CT molecular complexity index is 4080. The van der Waals surface area contributed by atoms with Gasteiger partial charge in [-0.2, -0.15) is 0 Å². The Morgan fingerprint density at radius 2 is 1.11 bits per heavy atom. The van der Waals surface area contributed by atoms with Crippen LogP contribution in [0.2, 0.25) is 0 Å². The number of hydrogen-bond donors (Lipinski definition) is 1. The number of fused-ring (bicyclic) bond motifs is 1. The van der Waals surface area contributed by atoms with E-state index in [-0.39, 0.29) is 37.8 Å². The summed E-state index contributed by atoms with van der Waals surface area (Å²) in [6, 6.07) is 72.5. The van der Waals surface area contributed by atoms with Gasteiger partial charge in [0.2, 0.25) is 0 Å². The number of pyridine rings is 1. The van der Waals surface area contributed by atoms with Gasteiger partial charge in [0.05, 0.1) is 22.3 Å². The molecule has 2 aromatic heterocycles. The molecule has 0 unspecified atom stereocenters. The molecule has 76 heavy (non-hydrogen) atoms. The van der Waals surface area contributed by atoms with Crippen LogP contribution in [0.25, 0.3) is 106 Å². The maximum Gasteiger partial charge on any atom is 0.148 e. The van der Waals surface area contributed by atoms with E-state index >= 15 is 0 Å². The Hall–Kier alpha value is -7.91. The van der Waals surface area contributed by atoms with Gasteiger partial charge in [0.15, 0.2) is 0 Å². The van der Waals surface area contributed by atoms with Crippen molar-refractivity contribution in [2.75, 3.05) is 0 Å². The second-order valence-electron chi connectivity index (χ2n) is 20.9. The fourth-order valence-electron chi connectivity index (χ4n) is 10.1. The fourth-order valence-corrected chi connectivity index (χ4v) is 10.1. The van der Waals surface area contributed by atoms with Gasteiger partial charge in [-0.15, -0.1) is 23.8 Å². The number of benzene rings is 9. The van der Waals surface area contributed by atoms with Gasteiger partial charge in [0.1, 0.15) is 11.6 Å². The molecule has 0 saturated carbocycles. The van der Waals surface area contributed by atoms with Gasteiger partial charge >= 0.3 is 0 Å². The van der Waals surface area contributed by atoms with Crippen LogP contribution in [0.1, 0.15) is 89.4 Å². The number of aromatic nitrogens is 3.